The van der Waals surface area contributed by atoms with Gasteiger partial charge in [0.25, 0.3) is 0 Å². The minimum Gasteiger partial charge on any atom is -0.478 e. The van der Waals surface area contributed by atoms with Gasteiger partial charge in [-0.05, 0) is 42.4 Å². The van der Waals surface area contributed by atoms with Crippen LogP contribution in [0.4, 0.5) is 0 Å². The Balaban J connectivity index is 1.45. The summed E-state index contributed by atoms with van der Waals surface area (Å²) in [5.74, 6) is -0.848. The molecule has 0 radical (unpaired) electrons. The topological polar surface area (TPSA) is 40.5 Å². The first-order chi connectivity index (χ1) is 10.2. The number of hydrogen-bond acceptors (Lipinski definition) is 2. The molecule has 0 aromatic heterocycles. The fourth-order valence-electron chi connectivity index (χ4n) is 3.96. The Morgan fingerprint density at radius 3 is 2.24 bits per heavy atom. The van der Waals surface area contributed by atoms with E-state index in [-0.39, 0.29) is 0 Å². The molecule has 0 unspecified atom stereocenters. The van der Waals surface area contributed by atoms with Gasteiger partial charge >= 0.3 is 5.97 Å². The lowest BCUT2D eigenvalue weighted by atomic mass is 9.73. The van der Waals surface area contributed by atoms with E-state index >= 15 is 0 Å². The minimum absolute atomic E-state index is 0.375. The number of aromatic carboxylic acids is 1. The molecule has 0 atom stereocenters. The number of benzene rings is 1. The average molecular weight is 287 g/mol. The summed E-state index contributed by atoms with van der Waals surface area (Å²) in [6.45, 7) is 3.66. The van der Waals surface area contributed by atoms with E-state index in [0.29, 0.717) is 11.0 Å². The Kier molecular flexibility index (Phi) is 4.29. The molecular formula is C18H25NO2. The van der Waals surface area contributed by atoms with Crippen molar-refractivity contribution in [3.8, 4) is 0 Å². The molecule has 3 nitrogen and oxygen atoms in total. The minimum atomic E-state index is -0.848. The van der Waals surface area contributed by atoms with E-state index in [2.05, 4.69) is 4.90 Å². The number of nitrogens with zero attached hydrogens (tertiary/aromatic N) is 1. The van der Waals surface area contributed by atoms with Crippen LogP contribution in [0.5, 0.6) is 0 Å². The lowest BCUT2D eigenvalue weighted by Crippen LogP contribution is -2.56. The number of carboxylic acid groups (broad SMARTS) is 1. The lowest BCUT2D eigenvalue weighted by Gasteiger charge is -2.50. The lowest BCUT2D eigenvalue weighted by molar-refractivity contribution is -0.0106. The zero-order valence-electron chi connectivity index (χ0n) is 12.7. The maximum atomic E-state index is 10.8. The second-order valence-corrected chi connectivity index (χ2v) is 6.88. The summed E-state index contributed by atoms with van der Waals surface area (Å²) in [6, 6.07) is 7.32. The molecule has 1 heterocycles. The highest BCUT2D eigenvalue weighted by molar-refractivity contribution is 5.87. The molecule has 1 aromatic rings. The number of carboxylic acids is 1. The van der Waals surface area contributed by atoms with Crippen LogP contribution in [0.15, 0.2) is 24.3 Å². The van der Waals surface area contributed by atoms with Gasteiger partial charge in [0.2, 0.25) is 0 Å². The van der Waals surface area contributed by atoms with Crippen LogP contribution in [0.25, 0.3) is 0 Å². The monoisotopic (exact) mass is 287 g/mol. The molecule has 1 saturated heterocycles. The molecule has 3 heteroatoms. The van der Waals surface area contributed by atoms with Crippen LogP contribution in [0.3, 0.4) is 0 Å². The largest absolute Gasteiger partial charge is 0.478 e. The quantitative estimate of drug-likeness (QED) is 0.920. The highest BCUT2D eigenvalue weighted by atomic mass is 16.4. The summed E-state index contributed by atoms with van der Waals surface area (Å²) in [6.07, 6.45) is 9.58. The number of likely N-dealkylation sites (tertiary alicyclic amines) is 1. The van der Waals surface area contributed by atoms with Crippen LogP contribution >= 0.6 is 0 Å². The van der Waals surface area contributed by atoms with Crippen molar-refractivity contribution < 1.29 is 9.90 Å². The summed E-state index contributed by atoms with van der Waals surface area (Å²) in [7, 11) is 0. The number of rotatable bonds is 4. The molecule has 2 aliphatic rings. The van der Waals surface area contributed by atoms with Gasteiger partial charge in [0.05, 0.1) is 5.56 Å². The summed E-state index contributed by atoms with van der Waals surface area (Å²) < 4.78 is 0. The average Bonchev–Trinajstić information content (AvgIpc) is 2.70. The third-order valence-corrected chi connectivity index (χ3v) is 5.20. The first-order valence-electron chi connectivity index (χ1n) is 8.22. The molecule has 1 N–H and O–H groups in total. The molecule has 0 amide bonds. The van der Waals surface area contributed by atoms with Crippen LogP contribution in [0.2, 0.25) is 0 Å². The third-order valence-electron chi connectivity index (χ3n) is 5.20. The van der Waals surface area contributed by atoms with E-state index in [0.717, 1.165) is 13.0 Å². The summed E-state index contributed by atoms with van der Waals surface area (Å²) in [5.41, 5.74) is 2.26. The van der Waals surface area contributed by atoms with Gasteiger partial charge in [-0.15, -0.1) is 0 Å². The first-order valence-corrected chi connectivity index (χ1v) is 8.22. The maximum absolute atomic E-state index is 10.8. The Morgan fingerprint density at radius 2 is 1.67 bits per heavy atom. The van der Waals surface area contributed by atoms with Crippen LogP contribution in [0.1, 0.15) is 54.4 Å². The summed E-state index contributed by atoms with van der Waals surface area (Å²) in [5, 5.41) is 8.90. The van der Waals surface area contributed by atoms with Crippen molar-refractivity contribution in [2.45, 2.75) is 44.9 Å². The van der Waals surface area contributed by atoms with E-state index < -0.39 is 5.97 Å². The van der Waals surface area contributed by atoms with E-state index in [1.807, 2.05) is 12.1 Å². The molecule has 0 bridgehead atoms. The molecule has 1 aliphatic heterocycles. The maximum Gasteiger partial charge on any atom is 0.335 e. The van der Waals surface area contributed by atoms with Crippen LogP contribution in [-0.4, -0.2) is 35.6 Å². The van der Waals surface area contributed by atoms with Gasteiger partial charge in [0.1, 0.15) is 0 Å². The van der Waals surface area contributed by atoms with E-state index in [1.54, 1.807) is 12.1 Å². The van der Waals surface area contributed by atoms with Gasteiger partial charge in [-0.3, -0.25) is 0 Å². The van der Waals surface area contributed by atoms with Gasteiger partial charge in [0, 0.05) is 19.6 Å². The third kappa shape index (κ3) is 3.46. The highest BCUT2D eigenvalue weighted by Crippen LogP contribution is 2.42. The van der Waals surface area contributed by atoms with Crippen molar-refractivity contribution in [1.82, 2.24) is 4.90 Å². The molecule has 114 valence electrons. The van der Waals surface area contributed by atoms with Crippen molar-refractivity contribution in [1.29, 1.82) is 0 Å². The van der Waals surface area contributed by atoms with Crippen LogP contribution in [-0.2, 0) is 6.42 Å². The zero-order valence-corrected chi connectivity index (χ0v) is 12.7. The highest BCUT2D eigenvalue weighted by Gasteiger charge is 2.41. The van der Waals surface area contributed by atoms with E-state index in [9.17, 15) is 4.79 Å². The van der Waals surface area contributed by atoms with E-state index in [1.165, 1.54) is 57.2 Å². The van der Waals surface area contributed by atoms with Crippen molar-refractivity contribution in [2.75, 3.05) is 19.6 Å². The zero-order chi connectivity index (χ0) is 14.7. The Bertz CT molecular complexity index is 478. The fourth-order valence-corrected chi connectivity index (χ4v) is 3.96. The normalized spacial score (nSPS) is 21.7. The molecule has 1 aromatic carbocycles. The Morgan fingerprint density at radius 1 is 1.05 bits per heavy atom. The standard InChI is InChI=1S/C18H25NO2/c20-17(21)16-7-5-15(6-8-16)9-12-19-13-18(14-19)10-3-1-2-4-11-18/h5-8H,1-4,9-14H2,(H,20,21). The molecule has 3 rings (SSSR count). The SMILES string of the molecule is O=C(O)c1ccc(CCN2CC3(CCCCCC3)C2)cc1. The first kappa shape index (κ1) is 14.6. The van der Waals surface area contributed by atoms with E-state index in [4.69, 9.17) is 5.11 Å². The second kappa shape index (κ2) is 6.18. The van der Waals surface area contributed by atoms with Gasteiger partial charge in [-0.2, -0.15) is 0 Å². The van der Waals surface area contributed by atoms with Gasteiger partial charge < -0.3 is 10.0 Å². The van der Waals surface area contributed by atoms with Crippen LogP contribution < -0.4 is 0 Å². The van der Waals surface area contributed by atoms with Gasteiger partial charge in [-0.1, -0.05) is 37.8 Å². The number of carbonyl (C=O) groups is 1. The van der Waals surface area contributed by atoms with Crippen molar-refractivity contribution in [3.05, 3.63) is 35.4 Å². The predicted molar refractivity (Wildman–Crippen MR) is 83.7 cm³/mol. The molecular weight excluding hydrogens is 262 g/mol. The molecule has 1 spiro atoms. The molecule has 1 aliphatic carbocycles. The Hall–Kier alpha value is -1.35. The fraction of sp³-hybridized carbons (Fsp3) is 0.611. The van der Waals surface area contributed by atoms with Gasteiger partial charge in [0.15, 0.2) is 0 Å². The van der Waals surface area contributed by atoms with Gasteiger partial charge in [-0.25, -0.2) is 4.79 Å². The predicted octanol–water partition coefficient (Wildman–Crippen LogP) is 3.58. The molecule has 1 saturated carbocycles. The summed E-state index contributed by atoms with van der Waals surface area (Å²) >= 11 is 0. The second-order valence-electron chi connectivity index (χ2n) is 6.88. The smallest absolute Gasteiger partial charge is 0.335 e. The Labute approximate surface area is 127 Å². The van der Waals surface area contributed by atoms with Crippen molar-refractivity contribution in [3.63, 3.8) is 0 Å². The van der Waals surface area contributed by atoms with Crippen molar-refractivity contribution >= 4 is 5.97 Å². The molecule has 21 heavy (non-hydrogen) atoms. The number of hydrogen-bond donors (Lipinski definition) is 1. The van der Waals surface area contributed by atoms with Crippen LogP contribution in [0, 0.1) is 5.41 Å². The molecule has 2 fully saturated rings. The summed E-state index contributed by atoms with van der Waals surface area (Å²) in [4.78, 5) is 13.4. The van der Waals surface area contributed by atoms with Crippen molar-refractivity contribution in [2.24, 2.45) is 5.41 Å².